The van der Waals surface area contributed by atoms with Gasteiger partial charge in [0.1, 0.15) is 0 Å². The summed E-state index contributed by atoms with van der Waals surface area (Å²) in [5.74, 6) is 1.53. The standard InChI is InChI=1S/C24H33NO2/c1-24(2,14-17-7-8-18-5-3-4-6-21(18)13-17)25-15-22(26)16-27-23(19-9-10-19)20-11-12-20/h3-8,13,19-20,22-23,25-26H,9-12,14-16H2,1-2H3/t22-/m1/s1. The van der Waals surface area contributed by atoms with E-state index in [1.165, 1.54) is 42.0 Å². The minimum atomic E-state index is -0.444. The molecule has 0 spiro atoms. The molecular formula is C24H33NO2. The Hall–Kier alpha value is -1.42. The highest BCUT2D eigenvalue weighted by Crippen LogP contribution is 2.46. The molecule has 2 aromatic carbocycles. The lowest BCUT2D eigenvalue weighted by Crippen LogP contribution is -2.46. The molecule has 0 bridgehead atoms. The van der Waals surface area contributed by atoms with Crippen molar-refractivity contribution in [1.29, 1.82) is 0 Å². The van der Waals surface area contributed by atoms with E-state index in [1.807, 2.05) is 0 Å². The quantitative estimate of drug-likeness (QED) is 0.657. The van der Waals surface area contributed by atoms with E-state index in [4.69, 9.17) is 4.74 Å². The highest BCUT2D eigenvalue weighted by atomic mass is 16.5. The molecule has 0 radical (unpaired) electrons. The summed E-state index contributed by atoms with van der Waals surface area (Å²) in [6.07, 6.45) is 6.15. The second-order valence-electron chi connectivity index (χ2n) is 9.25. The fourth-order valence-electron chi connectivity index (χ4n) is 4.10. The van der Waals surface area contributed by atoms with Gasteiger partial charge in [0.2, 0.25) is 0 Å². The molecule has 2 saturated carbocycles. The van der Waals surface area contributed by atoms with Gasteiger partial charge in [0.25, 0.3) is 0 Å². The molecule has 27 heavy (non-hydrogen) atoms. The van der Waals surface area contributed by atoms with Crippen LogP contribution in [0.3, 0.4) is 0 Å². The lowest BCUT2D eigenvalue weighted by Gasteiger charge is -2.28. The van der Waals surface area contributed by atoms with Gasteiger partial charge in [0.05, 0.1) is 18.8 Å². The van der Waals surface area contributed by atoms with Crippen molar-refractivity contribution in [3.8, 4) is 0 Å². The number of fused-ring (bicyclic) bond motifs is 1. The van der Waals surface area contributed by atoms with Crippen LogP contribution >= 0.6 is 0 Å². The Kier molecular flexibility index (Phi) is 5.54. The molecule has 1 atom stereocenters. The highest BCUT2D eigenvalue weighted by molar-refractivity contribution is 5.83. The number of nitrogens with one attached hydrogen (secondary N) is 1. The van der Waals surface area contributed by atoms with E-state index in [2.05, 4.69) is 61.6 Å². The molecule has 3 heteroatoms. The predicted molar refractivity (Wildman–Crippen MR) is 111 cm³/mol. The maximum absolute atomic E-state index is 10.4. The Morgan fingerprint density at radius 1 is 1.04 bits per heavy atom. The fourth-order valence-corrected chi connectivity index (χ4v) is 4.10. The molecule has 0 saturated heterocycles. The van der Waals surface area contributed by atoms with Crippen molar-refractivity contribution in [2.24, 2.45) is 11.8 Å². The largest absolute Gasteiger partial charge is 0.389 e. The number of ether oxygens (including phenoxy) is 1. The van der Waals surface area contributed by atoms with Gasteiger partial charge in [0, 0.05) is 12.1 Å². The van der Waals surface area contributed by atoms with Crippen molar-refractivity contribution in [2.45, 2.75) is 63.7 Å². The molecular weight excluding hydrogens is 334 g/mol. The van der Waals surface area contributed by atoms with Gasteiger partial charge in [-0.1, -0.05) is 42.5 Å². The normalized spacial score (nSPS) is 19.0. The monoisotopic (exact) mass is 367 g/mol. The van der Waals surface area contributed by atoms with Crippen molar-refractivity contribution in [1.82, 2.24) is 5.32 Å². The van der Waals surface area contributed by atoms with E-state index in [-0.39, 0.29) is 5.54 Å². The summed E-state index contributed by atoms with van der Waals surface area (Å²) >= 11 is 0. The summed E-state index contributed by atoms with van der Waals surface area (Å²) < 4.78 is 6.09. The van der Waals surface area contributed by atoms with Gasteiger partial charge in [-0.2, -0.15) is 0 Å². The van der Waals surface area contributed by atoms with Gasteiger partial charge in [0.15, 0.2) is 0 Å². The molecule has 0 aromatic heterocycles. The molecule has 0 heterocycles. The van der Waals surface area contributed by atoms with Crippen LogP contribution in [0.15, 0.2) is 42.5 Å². The number of aliphatic hydroxyl groups excluding tert-OH is 1. The molecule has 2 fully saturated rings. The maximum Gasteiger partial charge on any atom is 0.0898 e. The van der Waals surface area contributed by atoms with Crippen molar-refractivity contribution < 1.29 is 9.84 Å². The van der Waals surface area contributed by atoms with E-state index in [0.29, 0.717) is 19.3 Å². The minimum absolute atomic E-state index is 0.0736. The number of hydrogen-bond donors (Lipinski definition) is 2. The van der Waals surface area contributed by atoms with Crippen LogP contribution in [0.2, 0.25) is 0 Å². The van der Waals surface area contributed by atoms with Gasteiger partial charge in [-0.25, -0.2) is 0 Å². The Morgan fingerprint density at radius 2 is 1.70 bits per heavy atom. The molecule has 2 aliphatic carbocycles. The first-order valence-corrected chi connectivity index (χ1v) is 10.5. The molecule has 0 amide bonds. The first-order chi connectivity index (χ1) is 13.0. The van der Waals surface area contributed by atoms with E-state index in [9.17, 15) is 5.11 Å². The fraction of sp³-hybridized carbons (Fsp3) is 0.583. The van der Waals surface area contributed by atoms with Crippen LogP contribution in [0.1, 0.15) is 45.1 Å². The van der Waals surface area contributed by atoms with Crippen molar-refractivity contribution >= 4 is 10.8 Å². The molecule has 3 nitrogen and oxygen atoms in total. The Bertz CT molecular complexity index is 752. The van der Waals surface area contributed by atoms with E-state index in [0.717, 1.165) is 18.3 Å². The number of aliphatic hydroxyl groups is 1. The molecule has 146 valence electrons. The lowest BCUT2D eigenvalue weighted by atomic mass is 9.93. The zero-order valence-electron chi connectivity index (χ0n) is 16.7. The number of benzene rings is 2. The Labute approximate surface area is 163 Å². The smallest absolute Gasteiger partial charge is 0.0898 e. The topological polar surface area (TPSA) is 41.5 Å². The second kappa shape index (κ2) is 7.90. The summed E-state index contributed by atoms with van der Waals surface area (Å²) in [7, 11) is 0. The van der Waals surface area contributed by atoms with Crippen LogP contribution in [0.4, 0.5) is 0 Å². The molecule has 2 aliphatic rings. The zero-order valence-corrected chi connectivity index (χ0v) is 16.7. The molecule has 2 N–H and O–H groups in total. The van der Waals surface area contributed by atoms with Crippen molar-refractivity contribution in [3.63, 3.8) is 0 Å². The third-order valence-electron chi connectivity index (χ3n) is 5.93. The van der Waals surface area contributed by atoms with Crippen molar-refractivity contribution in [2.75, 3.05) is 13.2 Å². The van der Waals surface area contributed by atoms with Gasteiger partial charge >= 0.3 is 0 Å². The Balaban J connectivity index is 1.25. The predicted octanol–water partition coefficient (Wildman–Crippen LogP) is 4.32. The highest BCUT2D eigenvalue weighted by Gasteiger charge is 2.42. The minimum Gasteiger partial charge on any atom is -0.389 e. The number of β-amino-alcohol motifs (C(OH)–C–C–N with tert-alkyl or cyclic N) is 1. The second-order valence-corrected chi connectivity index (χ2v) is 9.25. The maximum atomic E-state index is 10.4. The first-order valence-electron chi connectivity index (χ1n) is 10.5. The average Bonchev–Trinajstić information content (AvgIpc) is 3.53. The van der Waals surface area contributed by atoms with Crippen LogP contribution in [-0.4, -0.2) is 36.0 Å². The summed E-state index contributed by atoms with van der Waals surface area (Å²) in [6.45, 7) is 5.43. The van der Waals surface area contributed by atoms with E-state index in [1.54, 1.807) is 0 Å². The third kappa shape index (κ3) is 5.31. The molecule has 0 aliphatic heterocycles. The zero-order chi connectivity index (χ0) is 18.9. The third-order valence-corrected chi connectivity index (χ3v) is 5.93. The molecule has 4 rings (SSSR count). The van der Waals surface area contributed by atoms with Crippen LogP contribution in [0.25, 0.3) is 10.8 Å². The summed E-state index contributed by atoms with van der Waals surface area (Å²) in [5, 5.41) is 16.5. The summed E-state index contributed by atoms with van der Waals surface area (Å²) in [6, 6.07) is 15.1. The lowest BCUT2D eigenvalue weighted by molar-refractivity contribution is -0.0290. The van der Waals surface area contributed by atoms with Crippen LogP contribution in [0.5, 0.6) is 0 Å². The average molecular weight is 368 g/mol. The Morgan fingerprint density at radius 3 is 2.37 bits per heavy atom. The first kappa shape index (κ1) is 18.9. The molecule has 0 unspecified atom stereocenters. The summed E-state index contributed by atoms with van der Waals surface area (Å²) in [5.41, 5.74) is 1.25. The van der Waals surface area contributed by atoms with E-state index < -0.39 is 6.10 Å². The van der Waals surface area contributed by atoms with Crippen LogP contribution in [0, 0.1) is 11.8 Å². The van der Waals surface area contributed by atoms with Gasteiger partial charge < -0.3 is 15.2 Å². The summed E-state index contributed by atoms with van der Waals surface area (Å²) in [4.78, 5) is 0. The van der Waals surface area contributed by atoms with Gasteiger partial charge in [-0.3, -0.25) is 0 Å². The van der Waals surface area contributed by atoms with E-state index >= 15 is 0 Å². The number of rotatable bonds is 10. The SMILES string of the molecule is CC(C)(Cc1ccc2ccccc2c1)NC[C@@H](O)COC(C1CC1)C1CC1. The van der Waals surface area contributed by atoms with Crippen LogP contribution < -0.4 is 5.32 Å². The van der Waals surface area contributed by atoms with Gasteiger partial charge in [-0.05, 0) is 74.1 Å². The van der Waals surface area contributed by atoms with Crippen molar-refractivity contribution in [3.05, 3.63) is 48.0 Å². The number of hydrogen-bond acceptors (Lipinski definition) is 3. The molecule has 2 aromatic rings. The van der Waals surface area contributed by atoms with Crippen LogP contribution in [-0.2, 0) is 11.2 Å². The van der Waals surface area contributed by atoms with Gasteiger partial charge in [-0.15, -0.1) is 0 Å².